The Balaban J connectivity index is 1.54. The zero-order valence-corrected chi connectivity index (χ0v) is 24.3. The molecular weight excluding hydrogens is 548 g/mol. The second-order valence-electron chi connectivity index (χ2n) is 9.89. The van der Waals surface area contributed by atoms with Crippen LogP contribution in [0.1, 0.15) is 65.4 Å². The lowest BCUT2D eigenvalue weighted by Gasteiger charge is -2.29. The van der Waals surface area contributed by atoms with Crippen molar-refractivity contribution < 1.29 is 43.0 Å². The number of hydrogen-bond acceptors (Lipinski definition) is 11. The van der Waals surface area contributed by atoms with Gasteiger partial charge in [-0.15, -0.1) is 5.06 Å². The maximum Gasteiger partial charge on any atom is 0.416 e. The van der Waals surface area contributed by atoms with Gasteiger partial charge in [0.25, 0.3) is 11.8 Å². The molecular formula is C26H36N2O9S2. The number of alkyl carbamates (subject to hydrolysis) is 2. The van der Waals surface area contributed by atoms with Gasteiger partial charge in [0.1, 0.15) is 13.2 Å². The minimum absolute atomic E-state index is 0.0103. The van der Waals surface area contributed by atoms with E-state index >= 15 is 0 Å². The van der Waals surface area contributed by atoms with Crippen molar-refractivity contribution >= 4 is 51.6 Å². The zero-order chi connectivity index (χ0) is 28.9. The van der Waals surface area contributed by atoms with E-state index in [0.717, 1.165) is 12.0 Å². The van der Waals surface area contributed by atoms with E-state index < -0.39 is 35.6 Å². The Morgan fingerprint density at radius 2 is 1.56 bits per heavy atom. The van der Waals surface area contributed by atoms with Gasteiger partial charge >= 0.3 is 18.2 Å². The molecule has 0 radical (unpaired) electrons. The van der Waals surface area contributed by atoms with Crippen LogP contribution in [0, 0.1) is 0 Å². The number of carbonyl (C=O) groups excluding carboxylic acids is 5. The predicted octanol–water partition coefficient (Wildman–Crippen LogP) is 4.78. The number of hydrogen-bond donors (Lipinski definition) is 1. The van der Waals surface area contributed by atoms with E-state index in [9.17, 15) is 24.0 Å². The molecule has 1 aliphatic rings. The SMILES string of the molecule is CC(C)(CCC(=O)ON1C(=O)CCC1=O)OCCC(C)(C)SSCCOC(=O)NC(=O)OCc1ccccc1. The summed E-state index contributed by atoms with van der Waals surface area (Å²) >= 11 is 0. The summed E-state index contributed by atoms with van der Waals surface area (Å²) in [7, 11) is 3.16. The van der Waals surface area contributed by atoms with Crippen LogP contribution in [-0.2, 0) is 40.0 Å². The molecule has 216 valence electrons. The third-order valence-corrected chi connectivity index (χ3v) is 8.74. The van der Waals surface area contributed by atoms with Crippen LogP contribution >= 0.6 is 21.6 Å². The average molecular weight is 585 g/mol. The van der Waals surface area contributed by atoms with Gasteiger partial charge in [-0.3, -0.25) is 9.59 Å². The van der Waals surface area contributed by atoms with Gasteiger partial charge < -0.3 is 19.0 Å². The van der Waals surface area contributed by atoms with E-state index in [1.54, 1.807) is 22.9 Å². The molecule has 1 aliphatic heterocycles. The molecule has 0 atom stereocenters. The van der Waals surface area contributed by atoms with Crippen molar-refractivity contribution in [1.82, 2.24) is 10.4 Å². The molecule has 0 aliphatic carbocycles. The molecule has 39 heavy (non-hydrogen) atoms. The van der Waals surface area contributed by atoms with Crippen LogP contribution in [0.4, 0.5) is 9.59 Å². The minimum Gasteiger partial charge on any atom is -0.448 e. The molecule has 11 nitrogen and oxygen atoms in total. The third kappa shape index (κ3) is 13.2. The normalized spacial score (nSPS) is 13.8. The highest BCUT2D eigenvalue weighted by Crippen LogP contribution is 2.38. The van der Waals surface area contributed by atoms with Gasteiger partial charge in [0, 0.05) is 29.9 Å². The maximum absolute atomic E-state index is 12.0. The number of nitrogens with zero attached hydrogens (tertiary/aromatic N) is 1. The van der Waals surface area contributed by atoms with Crippen LogP contribution in [0.2, 0.25) is 0 Å². The van der Waals surface area contributed by atoms with Gasteiger partial charge in [-0.25, -0.2) is 19.7 Å². The van der Waals surface area contributed by atoms with Crippen LogP contribution in [-0.4, -0.2) is 64.3 Å². The molecule has 0 unspecified atom stereocenters. The standard InChI is InChI=1S/C26H36N2O9S2/c1-25(2,13-12-22(31)37-28-20(29)10-11-21(28)30)36-15-14-26(3,4)39-38-17-16-34-23(32)27-24(33)35-18-19-8-6-5-7-9-19/h5-9H,10-18H2,1-4H3,(H,27,32,33). The monoisotopic (exact) mass is 584 g/mol. The van der Waals surface area contributed by atoms with Crippen molar-refractivity contribution in [3.63, 3.8) is 0 Å². The summed E-state index contributed by atoms with van der Waals surface area (Å²) in [6.07, 6.45) is -0.522. The average Bonchev–Trinajstić information content (AvgIpc) is 3.18. The van der Waals surface area contributed by atoms with Crippen molar-refractivity contribution in [1.29, 1.82) is 0 Å². The Morgan fingerprint density at radius 3 is 2.23 bits per heavy atom. The first-order chi connectivity index (χ1) is 18.4. The molecule has 2 rings (SSSR count). The number of amides is 4. The van der Waals surface area contributed by atoms with E-state index in [2.05, 4.69) is 13.8 Å². The highest BCUT2D eigenvalue weighted by Gasteiger charge is 2.33. The molecule has 4 amide bonds. The summed E-state index contributed by atoms with van der Waals surface area (Å²) in [6, 6.07) is 9.11. The van der Waals surface area contributed by atoms with Gasteiger partial charge in [0.05, 0.1) is 12.0 Å². The van der Waals surface area contributed by atoms with Crippen molar-refractivity contribution in [2.75, 3.05) is 19.0 Å². The quantitative estimate of drug-likeness (QED) is 0.173. The largest absolute Gasteiger partial charge is 0.448 e. The number of hydroxylamine groups is 2. The molecule has 0 saturated carbocycles. The lowest BCUT2D eigenvalue weighted by atomic mass is 10.0. The summed E-state index contributed by atoms with van der Waals surface area (Å²) in [4.78, 5) is 63.5. The summed E-state index contributed by atoms with van der Waals surface area (Å²) in [6.45, 7) is 8.49. The Bertz CT molecular complexity index is 986. The van der Waals surface area contributed by atoms with Crippen molar-refractivity contribution in [2.24, 2.45) is 0 Å². The van der Waals surface area contributed by atoms with Gasteiger partial charge in [-0.2, -0.15) is 0 Å². The van der Waals surface area contributed by atoms with E-state index in [0.29, 0.717) is 23.8 Å². The minimum atomic E-state index is -0.872. The van der Waals surface area contributed by atoms with Crippen LogP contribution in [0.5, 0.6) is 0 Å². The highest BCUT2D eigenvalue weighted by atomic mass is 33.1. The molecule has 0 spiro atoms. The Hall–Kier alpha value is -2.77. The van der Waals surface area contributed by atoms with Gasteiger partial charge in [0.15, 0.2) is 0 Å². The summed E-state index contributed by atoms with van der Waals surface area (Å²) in [5, 5.41) is 2.57. The van der Waals surface area contributed by atoms with E-state index in [1.165, 1.54) is 10.8 Å². The lowest BCUT2D eigenvalue weighted by Crippen LogP contribution is -2.33. The number of carbonyl (C=O) groups is 5. The molecule has 13 heteroatoms. The molecule has 1 aromatic carbocycles. The van der Waals surface area contributed by atoms with E-state index in [1.807, 2.05) is 37.4 Å². The Kier molecular flexibility index (Phi) is 13.1. The third-order valence-electron chi connectivity index (χ3n) is 5.43. The van der Waals surface area contributed by atoms with Crippen molar-refractivity contribution in [3.8, 4) is 0 Å². The number of rotatable bonds is 15. The van der Waals surface area contributed by atoms with Crippen molar-refractivity contribution in [2.45, 2.75) is 76.8 Å². The highest BCUT2D eigenvalue weighted by molar-refractivity contribution is 8.77. The number of imide groups is 2. The fourth-order valence-corrected chi connectivity index (χ4v) is 5.53. The number of benzene rings is 1. The molecule has 1 N–H and O–H groups in total. The molecule has 0 bridgehead atoms. The summed E-state index contributed by atoms with van der Waals surface area (Å²) in [5.41, 5.74) is 0.205. The van der Waals surface area contributed by atoms with Gasteiger partial charge in [0.2, 0.25) is 0 Å². The fraction of sp³-hybridized carbons (Fsp3) is 0.577. The molecule has 1 saturated heterocycles. The first kappa shape index (κ1) is 32.4. The van der Waals surface area contributed by atoms with Crippen LogP contribution in [0.25, 0.3) is 0 Å². The zero-order valence-electron chi connectivity index (χ0n) is 22.7. The lowest BCUT2D eigenvalue weighted by molar-refractivity contribution is -0.198. The van der Waals surface area contributed by atoms with E-state index in [-0.39, 0.29) is 37.2 Å². The first-order valence-corrected chi connectivity index (χ1v) is 14.8. The van der Waals surface area contributed by atoms with Crippen molar-refractivity contribution in [3.05, 3.63) is 35.9 Å². The second-order valence-corrected chi connectivity index (χ2v) is 13.0. The van der Waals surface area contributed by atoms with E-state index in [4.69, 9.17) is 19.0 Å². The van der Waals surface area contributed by atoms with Gasteiger partial charge in [-0.1, -0.05) is 51.9 Å². The van der Waals surface area contributed by atoms with Crippen LogP contribution in [0.3, 0.4) is 0 Å². The summed E-state index contributed by atoms with van der Waals surface area (Å²) < 4.78 is 15.8. The molecule has 1 aromatic rings. The topological polar surface area (TPSA) is 138 Å². The smallest absolute Gasteiger partial charge is 0.416 e. The molecule has 1 heterocycles. The second kappa shape index (κ2) is 15.7. The van der Waals surface area contributed by atoms with Crippen LogP contribution in [0.15, 0.2) is 30.3 Å². The first-order valence-electron chi connectivity index (χ1n) is 12.5. The fourth-order valence-electron chi connectivity index (χ4n) is 3.14. The molecule has 0 aromatic heterocycles. The van der Waals surface area contributed by atoms with Gasteiger partial charge in [-0.05, 0) is 46.1 Å². The van der Waals surface area contributed by atoms with Crippen LogP contribution < -0.4 is 5.32 Å². The predicted molar refractivity (Wildman–Crippen MR) is 146 cm³/mol. The Morgan fingerprint density at radius 1 is 0.923 bits per heavy atom. The number of nitrogens with one attached hydrogen (secondary N) is 1. The Labute approximate surface area is 236 Å². The summed E-state index contributed by atoms with van der Waals surface area (Å²) in [5.74, 6) is -1.13. The molecule has 1 fully saturated rings. The maximum atomic E-state index is 12.0. The number of ether oxygens (including phenoxy) is 3.